The maximum Gasteiger partial charge on any atom is 0.490 e. The van der Waals surface area contributed by atoms with Gasteiger partial charge in [-0.2, -0.15) is 31.6 Å². The number of fused-ring (bicyclic) bond motifs is 2. The number of aliphatic hydroxyl groups excluding tert-OH is 1. The lowest BCUT2D eigenvalue weighted by Crippen LogP contribution is -2.53. The van der Waals surface area contributed by atoms with Crippen molar-refractivity contribution < 1.29 is 51.3 Å². The Bertz CT molecular complexity index is 1290. The first-order chi connectivity index (χ1) is 20.1. The van der Waals surface area contributed by atoms with Crippen LogP contribution in [-0.4, -0.2) is 94.9 Å². The molecule has 1 spiro atoms. The van der Waals surface area contributed by atoms with Crippen molar-refractivity contribution in [2.75, 3.05) is 44.2 Å². The molecule has 2 aromatic rings. The zero-order chi connectivity index (χ0) is 32.0. The summed E-state index contributed by atoms with van der Waals surface area (Å²) in [6.07, 6.45) is -6.82. The highest BCUT2D eigenvalue weighted by Gasteiger charge is 2.53. The summed E-state index contributed by atoms with van der Waals surface area (Å²) in [5.41, 5.74) is 3.14. The number of carboxylic acids is 2. The van der Waals surface area contributed by atoms with Gasteiger partial charge in [0.05, 0.1) is 17.7 Å². The van der Waals surface area contributed by atoms with Gasteiger partial charge in [0.25, 0.3) is 0 Å². The van der Waals surface area contributed by atoms with Gasteiger partial charge >= 0.3 is 24.3 Å². The molecule has 2 atom stereocenters. The van der Waals surface area contributed by atoms with E-state index in [2.05, 4.69) is 50.4 Å². The lowest BCUT2D eigenvalue weighted by molar-refractivity contribution is -0.193. The topological polar surface area (TPSA) is 150 Å². The smallest absolute Gasteiger partial charge is 0.475 e. The largest absolute Gasteiger partial charge is 0.490 e. The van der Waals surface area contributed by atoms with Crippen LogP contribution in [0.1, 0.15) is 35.6 Å². The van der Waals surface area contributed by atoms with E-state index in [4.69, 9.17) is 19.8 Å². The number of aliphatic hydroxyl groups is 1. The number of pyridine rings is 1. The maximum absolute atomic E-state index is 11.6. The molecule has 2 aliphatic heterocycles. The molecule has 1 aliphatic carbocycles. The number of anilines is 1. The van der Waals surface area contributed by atoms with Crippen molar-refractivity contribution in [3.05, 3.63) is 59.3 Å². The summed E-state index contributed by atoms with van der Waals surface area (Å²) in [4.78, 5) is 26.9. The van der Waals surface area contributed by atoms with E-state index in [1.54, 1.807) is 6.20 Å². The molecule has 5 rings (SSSR count). The second-order valence-corrected chi connectivity index (χ2v) is 10.00. The number of benzene rings is 1. The average Bonchev–Trinajstić information content (AvgIpc) is 3.20. The zero-order valence-corrected chi connectivity index (χ0v) is 22.6. The van der Waals surface area contributed by atoms with Gasteiger partial charge in [-0.05, 0) is 49.2 Å². The Hall–Kier alpha value is -3.94. The highest BCUT2D eigenvalue weighted by atomic mass is 19.4. The van der Waals surface area contributed by atoms with E-state index in [9.17, 15) is 36.7 Å². The second-order valence-electron chi connectivity index (χ2n) is 10.00. The molecule has 10 nitrogen and oxygen atoms in total. The van der Waals surface area contributed by atoms with Gasteiger partial charge in [0.2, 0.25) is 0 Å². The number of carbonyl (C=O) groups is 2. The lowest BCUT2D eigenvalue weighted by atomic mass is 9.72. The molecule has 0 saturated carbocycles. The monoisotopic (exact) mass is 617 g/mol. The molecule has 0 radical (unpaired) electrons. The van der Waals surface area contributed by atoms with Crippen LogP contribution >= 0.6 is 0 Å². The molecule has 234 valence electrons. The third kappa shape index (κ3) is 7.72. The Morgan fingerprint density at radius 3 is 1.98 bits per heavy atom. The Morgan fingerprint density at radius 2 is 1.47 bits per heavy atom. The van der Waals surface area contributed by atoms with Gasteiger partial charge in [0, 0.05) is 37.8 Å². The van der Waals surface area contributed by atoms with Crippen LogP contribution in [0.2, 0.25) is 0 Å². The maximum atomic E-state index is 11.6. The summed E-state index contributed by atoms with van der Waals surface area (Å²) in [5.74, 6) is -4.74. The van der Waals surface area contributed by atoms with E-state index in [-0.39, 0.29) is 17.6 Å². The number of aliphatic carboxylic acids is 2. The minimum Gasteiger partial charge on any atom is -0.475 e. The number of piperazine rings is 1. The number of halogens is 6. The van der Waals surface area contributed by atoms with Gasteiger partial charge in [0.15, 0.2) is 0 Å². The molecule has 1 aromatic carbocycles. The molecule has 3 heterocycles. The number of nitrogens with one attached hydrogen (secondary N) is 1. The van der Waals surface area contributed by atoms with Crippen molar-refractivity contribution in [2.45, 2.75) is 42.8 Å². The van der Waals surface area contributed by atoms with E-state index in [1.165, 1.54) is 11.1 Å². The first-order valence-corrected chi connectivity index (χ1v) is 13.1. The number of rotatable bonds is 2. The fourth-order valence-electron chi connectivity index (χ4n) is 5.62. The van der Waals surface area contributed by atoms with Crippen molar-refractivity contribution >= 4 is 17.8 Å². The molecule has 4 N–H and O–H groups in total. The summed E-state index contributed by atoms with van der Waals surface area (Å²) >= 11 is 0. The van der Waals surface area contributed by atoms with Crippen LogP contribution in [0.5, 0.6) is 0 Å². The number of hydrogen-bond acceptors (Lipinski definition) is 8. The minimum atomic E-state index is -5.08. The molecule has 1 aromatic heterocycles. The van der Waals surface area contributed by atoms with Crippen LogP contribution in [-0.2, 0) is 15.0 Å². The predicted octanol–water partition coefficient (Wildman–Crippen LogP) is 3.08. The third-order valence-electron chi connectivity index (χ3n) is 7.58. The Kier molecular flexibility index (Phi) is 10.6. The van der Waals surface area contributed by atoms with Crippen LogP contribution in [0, 0.1) is 11.3 Å². The summed E-state index contributed by atoms with van der Waals surface area (Å²) in [6, 6.07) is 14.6. The number of nitriles is 1. The molecule has 2 saturated heterocycles. The van der Waals surface area contributed by atoms with Gasteiger partial charge in [0.1, 0.15) is 11.9 Å². The van der Waals surface area contributed by atoms with Gasteiger partial charge in [-0.3, -0.25) is 4.90 Å². The normalized spacial score (nSPS) is 21.4. The third-order valence-corrected chi connectivity index (χ3v) is 7.58. The summed E-state index contributed by atoms with van der Waals surface area (Å²) in [7, 11) is 0. The van der Waals surface area contributed by atoms with Crippen molar-refractivity contribution in [3.63, 3.8) is 0 Å². The first kappa shape index (κ1) is 33.6. The van der Waals surface area contributed by atoms with E-state index in [0.717, 1.165) is 57.9 Å². The second kappa shape index (κ2) is 13.6. The van der Waals surface area contributed by atoms with Crippen molar-refractivity contribution in [3.8, 4) is 6.07 Å². The Labute approximate surface area is 242 Å². The predicted molar refractivity (Wildman–Crippen MR) is 139 cm³/mol. The summed E-state index contributed by atoms with van der Waals surface area (Å²) in [5, 5.41) is 38.7. The number of hydrogen-bond donors (Lipinski definition) is 4. The number of carboxylic acid groups (broad SMARTS) is 2. The molecule has 16 heteroatoms. The van der Waals surface area contributed by atoms with Crippen LogP contribution in [0.4, 0.5) is 32.2 Å². The van der Waals surface area contributed by atoms with E-state index in [0.29, 0.717) is 5.56 Å². The van der Waals surface area contributed by atoms with Crippen LogP contribution in [0.25, 0.3) is 0 Å². The molecule has 3 aliphatic rings. The minimum absolute atomic E-state index is 0.0469. The zero-order valence-electron chi connectivity index (χ0n) is 22.6. The summed E-state index contributed by atoms with van der Waals surface area (Å²) < 4.78 is 63.5. The lowest BCUT2D eigenvalue weighted by Gasteiger charge is -2.43. The SMILES string of the molecule is N#Cc1cccnc1N1CCN([C@@H]2c3ccccc3C3(CCNCC3)[C@H]2O)CC1.O=C(O)C(F)(F)F.O=C(O)C(F)(F)F. The highest BCUT2D eigenvalue weighted by Crippen LogP contribution is 2.52. The van der Waals surface area contributed by atoms with Gasteiger partial charge in [-0.15, -0.1) is 0 Å². The number of piperidine rings is 1. The summed E-state index contributed by atoms with van der Waals surface area (Å²) in [6.45, 7) is 5.25. The number of alkyl halides is 6. The number of nitrogens with zero attached hydrogens (tertiary/aromatic N) is 4. The van der Waals surface area contributed by atoms with Crippen molar-refractivity contribution in [1.29, 1.82) is 5.26 Å². The van der Waals surface area contributed by atoms with Gasteiger partial charge in [-0.25, -0.2) is 14.6 Å². The van der Waals surface area contributed by atoms with Crippen LogP contribution in [0.15, 0.2) is 42.6 Å². The Morgan fingerprint density at radius 1 is 0.930 bits per heavy atom. The molecular weight excluding hydrogens is 588 g/mol. The standard InChI is InChI=1S/C23H27N5O.2C2HF3O2/c24-16-17-4-3-9-26-22(17)28-14-12-27(13-15-28)20-18-5-1-2-6-19(18)23(21(20)29)7-10-25-11-8-23;2*3-2(4,5)1(6)7/h1-6,9,20-21,25,29H,7-8,10-15H2;2*(H,6,7)/t20-,21+;;/m1../s1. The average molecular weight is 618 g/mol. The fraction of sp³-hybridized carbons (Fsp3) is 0.481. The molecule has 43 heavy (non-hydrogen) atoms. The van der Waals surface area contributed by atoms with Crippen molar-refractivity contribution in [1.82, 2.24) is 15.2 Å². The van der Waals surface area contributed by atoms with Crippen LogP contribution in [0.3, 0.4) is 0 Å². The van der Waals surface area contributed by atoms with Crippen LogP contribution < -0.4 is 10.2 Å². The molecule has 0 bridgehead atoms. The Balaban J connectivity index is 0.000000303. The number of aromatic nitrogens is 1. The van der Waals surface area contributed by atoms with Gasteiger partial charge in [-0.1, -0.05) is 24.3 Å². The fourth-order valence-corrected chi connectivity index (χ4v) is 5.62. The first-order valence-electron chi connectivity index (χ1n) is 13.1. The molecule has 0 unspecified atom stereocenters. The van der Waals surface area contributed by atoms with E-state index < -0.39 is 24.3 Å². The van der Waals surface area contributed by atoms with Gasteiger partial charge < -0.3 is 25.5 Å². The van der Waals surface area contributed by atoms with E-state index >= 15 is 0 Å². The van der Waals surface area contributed by atoms with E-state index in [1.807, 2.05) is 12.1 Å². The highest BCUT2D eigenvalue weighted by molar-refractivity contribution is 5.73. The molecule has 0 amide bonds. The molecular formula is C27H29F6N5O5. The quantitative estimate of drug-likeness (QED) is 0.371. The molecule has 2 fully saturated rings. The van der Waals surface area contributed by atoms with Crippen molar-refractivity contribution in [2.24, 2.45) is 0 Å².